The van der Waals surface area contributed by atoms with Crippen molar-refractivity contribution in [1.82, 2.24) is 0 Å². The van der Waals surface area contributed by atoms with Gasteiger partial charge in [-0.15, -0.1) is 0 Å². The van der Waals surface area contributed by atoms with Crippen LogP contribution in [0.2, 0.25) is 0 Å². The van der Waals surface area contributed by atoms with Crippen molar-refractivity contribution in [3.05, 3.63) is 70.2 Å². The number of hydrogen-bond donors (Lipinski definition) is 1. The van der Waals surface area contributed by atoms with Crippen molar-refractivity contribution in [3.8, 4) is 5.75 Å². The molecule has 132 valence electrons. The van der Waals surface area contributed by atoms with Gasteiger partial charge in [-0.2, -0.15) is 0 Å². The monoisotopic (exact) mass is 424 g/mol. The number of hydrogen-bond acceptors (Lipinski definition) is 4. The second-order valence-corrected chi connectivity index (χ2v) is 8.01. The van der Waals surface area contributed by atoms with E-state index in [9.17, 15) is 9.36 Å². The number of halogens is 1. The maximum atomic E-state index is 13.1. The molecule has 5 nitrogen and oxygen atoms in total. The van der Waals surface area contributed by atoms with Crippen LogP contribution in [0.5, 0.6) is 5.75 Å². The zero-order valence-electron chi connectivity index (χ0n) is 13.6. The van der Waals surface area contributed by atoms with Gasteiger partial charge in [0, 0.05) is 16.1 Å². The molecule has 0 spiro atoms. The van der Waals surface area contributed by atoms with Gasteiger partial charge in [-0.25, -0.2) is 9.36 Å². The molecule has 0 aromatic heterocycles. The minimum Gasteiger partial charge on any atom is -0.478 e. The number of aliphatic carboxylic acids is 1. The predicted molar refractivity (Wildman–Crippen MR) is 101 cm³/mol. The van der Waals surface area contributed by atoms with Crippen LogP contribution in [-0.2, 0) is 20.0 Å². The van der Waals surface area contributed by atoms with E-state index >= 15 is 0 Å². The Balaban J connectivity index is 2.33. The van der Waals surface area contributed by atoms with Gasteiger partial charge in [0.15, 0.2) is 0 Å². The fourth-order valence-electron chi connectivity index (χ4n) is 2.15. The molecule has 7 heteroatoms. The van der Waals surface area contributed by atoms with Gasteiger partial charge in [0.25, 0.3) is 0 Å². The van der Waals surface area contributed by atoms with Gasteiger partial charge in [0.2, 0.25) is 0 Å². The van der Waals surface area contributed by atoms with Crippen LogP contribution < -0.4 is 4.52 Å². The summed E-state index contributed by atoms with van der Waals surface area (Å²) in [4.78, 5) is 10.8. The molecule has 0 saturated carbocycles. The Hall–Kier alpha value is -1.88. The van der Waals surface area contributed by atoms with E-state index < -0.39 is 13.6 Å². The minimum atomic E-state index is -3.45. The lowest BCUT2D eigenvalue weighted by molar-refractivity contribution is -0.131. The highest BCUT2D eigenvalue weighted by atomic mass is 79.9. The molecule has 0 saturated heterocycles. The highest BCUT2D eigenvalue weighted by Gasteiger charge is 2.27. The molecule has 2 aromatic rings. The van der Waals surface area contributed by atoms with Crippen LogP contribution in [0.15, 0.2) is 59.1 Å². The van der Waals surface area contributed by atoms with Crippen molar-refractivity contribution in [3.63, 3.8) is 0 Å². The normalized spacial score (nSPS) is 13.5. The second-order valence-electron chi connectivity index (χ2n) is 5.12. The Labute approximate surface area is 155 Å². The molecule has 0 aliphatic carbocycles. The molecular formula is C18H18BrO5P. The van der Waals surface area contributed by atoms with Crippen molar-refractivity contribution in [2.24, 2.45) is 0 Å². The van der Waals surface area contributed by atoms with Gasteiger partial charge < -0.3 is 9.63 Å². The van der Waals surface area contributed by atoms with E-state index in [0.29, 0.717) is 11.3 Å². The first-order chi connectivity index (χ1) is 11.9. The quantitative estimate of drug-likeness (QED) is 0.456. The largest absolute Gasteiger partial charge is 0.478 e. The van der Waals surface area contributed by atoms with Crippen LogP contribution in [-0.4, -0.2) is 17.7 Å². The number of carbonyl (C=O) groups is 1. The second kappa shape index (κ2) is 8.99. The standard InChI is InChI=1S/C18H18BrO5P/c1-2-23-25(22,13-14-6-4-3-5-7-14)24-17-10-9-16(19)12-15(17)8-11-18(20)21/h3-12H,2,13H2,1H3,(H,20,21). The van der Waals surface area contributed by atoms with Crippen molar-refractivity contribution in [2.45, 2.75) is 13.1 Å². The van der Waals surface area contributed by atoms with E-state index in [4.69, 9.17) is 14.2 Å². The van der Waals surface area contributed by atoms with Gasteiger partial charge >= 0.3 is 13.6 Å². The summed E-state index contributed by atoms with van der Waals surface area (Å²) in [5.74, 6) is -0.781. The molecule has 1 unspecified atom stereocenters. The van der Waals surface area contributed by atoms with Crippen molar-refractivity contribution < 1.29 is 23.5 Å². The van der Waals surface area contributed by atoms with Crippen LogP contribution in [0, 0.1) is 0 Å². The number of carboxylic acid groups (broad SMARTS) is 1. The fourth-order valence-corrected chi connectivity index (χ4v) is 4.26. The van der Waals surface area contributed by atoms with Gasteiger partial charge in [0.1, 0.15) is 5.75 Å². The first-order valence-electron chi connectivity index (χ1n) is 7.59. The minimum absolute atomic E-state index is 0.125. The molecule has 0 aliphatic rings. The number of rotatable bonds is 8. The van der Waals surface area contributed by atoms with E-state index in [1.807, 2.05) is 30.3 Å². The molecule has 0 fully saturated rings. The summed E-state index contributed by atoms with van der Waals surface area (Å²) in [6.45, 7) is 1.98. The molecular weight excluding hydrogens is 407 g/mol. The predicted octanol–water partition coefficient (Wildman–Crippen LogP) is 5.36. The van der Waals surface area contributed by atoms with Crippen LogP contribution in [0.25, 0.3) is 6.08 Å². The lowest BCUT2D eigenvalue weighted by Crippen LogP contribution is -2.02. The Bertz CT molecular complexity index is 804. The van der Waals surface area contributed by atoms with E-state index in [1.165, 1.54) is 6.08 Å². The third kappa shape index (κ3) is 6.16. The fraction of sp³-hybridized carbons (Fsp3) is 0.167. The lowest BCUT2D eigenvalue weighted by atomic mass is 10.2. The third-order valence-electron chi connectivity index (χ3n) is 3.16. The van der Waals surface area contributed by atoms with Crippen LogP contribution in [0.3, 0.4) is 0 Å². The average Bonchev–Trinajstić information content (AvgIpc) is 2.56. The summed E-state index contributed by atoms with van der Waals surface area (Å²) in [5, 5.41) is 8.83. The van der Waals surface area contributed by atoms with Gasteiger partial charge in [-0.05, 0) is 36.8 Å². The Kier molecular flexibility index (Phi) is 7.00. The highest BCUT2D eigenvalue weighted by Crippen LogP contribution is 2.52. The molecule has 2 rings (SSSR count). The van der Waals surface area contributed by atoms with Gasteiger partial charge in [-0.1, -0.05) is 46.3 Å². The highest BCUT2D eigenvalue weighted by molar-refractivity contribution is 9.10. The first-order valence-corrected chi connectivity index (χ1v) is 10.1. The lowest BCUT2D eigenvalue weighted by Gasteiger charge is -2.20. The summed E-state index contributed by atoms with van der Waals surface area (Å²) in [6, 6.07) is 14.3. The average molecular weight is 425 g/mol. The number of benzene rings is 2. The Morgan fingerprint density at radius 3 is 2.60 bits per heavy atom. The molecule has 0 aliphatic heterocycles. The van der Waals surface area contributed by atoms with Crippen molar-refractivity contribution in [2.75, 3.05) is 6.61 Å². The smallest absolute Gasteiger partial charge is 0.383 e. The zero-order valence-corrected chi connectivity index (χ0v) is 16.1. The number of carboxylic acids is 1. The van der Waals surface area contributed by atoms with E-state index in [-0.39, 0.29) is 12.8 Å². The SMILES string of the molecule is CCOP(=O)(Cc1ccccc1)Oc1ccc(Br)cc1C=CC(=O)O. The van der Waals surface area contributed by atoms with Gasteiger partial charge in [-0.3, -0.25) is 4.52 Å². The van der Waals surface area contributed by atoms with E-state index in [2.05, 4.69) is 15.9 Å². The summed E-state index contributed by atoms with van der Waals surface area (Å²) in [7, 11) is -3.45. The van der Waals surface area contributed by atoms with Crippen molar-refractivity contribution >= 4 is 35.6 Å². The molecule has 2 aromatic carbocycles. The summed E-state index contributed by atoms with van der Waals surface area (Å²) in [5.41, 5.74) is 1.32. The maximum Gasteiger partial charge on any atom is 0.383 e. The topological polar surface area (TPSA) is 72.8 Å². The maximum absolute atomic E-state index is 13.1. The zero-order chi connectivity index (χ0) is 18.3. The molecule has 1 N–H and O–H groups in total. The summed E-state index contributed by atoms with van der Waals surface area (Å²) >= 11 is 3.33. The van der Waals surface area contributed by atoms with Crippen molar-refractivity contribution in [1.29, 1.82) is 0 Å². The van der Waals surface area contributed by atoms with Crippen LogP contribution in [0.4, 0.5) is 0 Å². The molecule has 25 heavy (non-hydrogen) atoms. The van der Waals surface area contributed by atoms with E-state index in [0.717, 1.165) is 16.1 Å². The van der Waals surface area contributed by atoms with Crippen LogP contribution >= 0.6 is 23.5 Å². The molecule has 0 radical (unpaired) electrons. The summed E-state index contributed by atoms with van der Waals surface area (Å²) < 4.78 is 25.0. The van der Waals surface area contributed by atoms with E-state index in [1.54, 1.807) is 25.1 Å². The first kappa shape index (κ1) is 19.4. The summed E-state index contributed by atoms with van der Waals surface area (Å²) in [6.07, 6.45) is 2.51. The van der Waals surface area contributed by atoms with Gasteiger partial charge in [0.05, 0.1) is 12.8 Å². The third-order valence-corrected chi connectivity index (χ3v) is 5.53. The van der Waals surface area contributed by atoms with Crippen LogP contribution in [0.1, 0.15) is 18.1 Å². The Morgan fingerprint density at radius 2 is 1.96 bits per heavy atom. The Morgan fingerprint density at radius 1 is 1.24 bits per heavy atom. The molecule has 0 heterocycles. The molecule has 1 atom stereocenters. The molecule has 0 bridgehead atoms. The molecule has 0 amide bonds.